The normalized spacial score (nSPS) is 16.6. The number of nitrogens with zero attached hydrogens (tertiary/aromatic N) is 2. The topological polar surface area (TPSA) is 67.6 Å². The van der Waals surface area contributed by atoms with Crippen molar-refractivity contribution in [1.29, 1.82) is 0 Å². The van der Waals surface area contributed by atoms with Crippen molar-refractivity contribution in [2.24, 2.45) is 0 Å². The molecule has 0 spiro atoms. The summed E-state index contributed by atoms with van der Waals surface area (Å²) < 4.78 is 11.5. The third kappa shape index (κ3) is 3.51. The molecule has 1 unspecified atom stereocenters. The van der Waals surface area contributed by atoms with Gasteiger partial charge in [0.1, 0.15) is 11.5 Å². The third-order valence-electron chi connectivity index (χ3n) is 5.76. The van der Waals surface area contributed by atoms with Gasteiger partial charge in [0.25, 0.3) is 5.91 Å². The zero-order chi connectivity index (χ0) is 19.8. The first-order chi connectivity index (χ1) is 14.2. The van der Waals surface area contributed by atoms with E-state index in [1.54, 1.807) is 12.1 Å². The van der Waals surface area contributed by atoms with Crippen LogP contribution in [0.4, 0.5) is 6.01 Å². The highest BCUT2D eigenvalue weighted by Crippen LogP contribution is 2.33. The molecule has 148 valence electrons. The van der Waals surface area contributed by atoms with Gasteiger partial charge in [0, 0.05) is 37.5 Å². The lowest BCUT2D eigenvalue weighted by molar-refractivity contribution is 0.102. The molecule has 0 saturated carbocycles. The summed E-state index contributed by atoms with van der Waals surface area (Å²) in [6, 6.07) is 16.1. The van der Waals surface area contributed by atoms with Gasteiger partial charge in [-0.05, 0) is 36.2 Å². The summed E-state index contributed by atoms with van der Waals surface area (Å²) in [5, 5.41) is 2.77. The molecule has 1 N–H and O–H groups in total. The van der Waals surface area contributed by atoms with Crippen molar-refractivity contribution in [3.8, 4) is 5.75 Å². The van der Waals surface area contributed by atoms with Crippen LogP contribution in [0.15, 0.2) is 52.9 Å². The Kier molecular flexibility index (Phi) is 4.56. The Bertz CT molecular complexity index is 1040. The number of amides is 1. The van der Waals surface area contributed by atoms with E-state index in [4.69, 9.17) is 9.15 Å². The first-order valence-corrected chi connectivity index (χ1v) is 10.0. The molecular weight excluding hydrogens is 366 g/mol. The zero-order valence-electron chi connectivity index (χ0n) is 16.4. The summed E-state index contributed by atoms with van der Waals surface area (Å²) in [6.07, 6.45) is 1.77. The molecular formula is C23H23N3O3. The van der Waals surface area contributed by atoms with Gasteiger partial charge in [0.2, 0.25) is 0 Å². The fraction of sp³-hybridized carbons (Fsp3) is 0.304. The molecule has 0 fully saturated rings. The lowest BCUT2D eigenvalue weighted by atomic mass is 10.0. The van der Waals surface area contributed by atoms with Crippen molar-refractivity contribution in [2.75, 3.05) is 18.5 Å². The Morgan fingerprint density at radius 3 is 2.90 bits per heavy atom. The minimum Gasteiger partial charge on any atom is -0.493 e. The standard InChI is InChI=1S/C23H23N3O3/c1-15(18-8-7-16-10-12-28-21(16)13-18)26-11-9-20-19(14-26)24-23(29-20)25-22(27)17-5-3-2-4-6-17/h2-8,13,15H,9-12,14H2,1H3,(H,24,25,27). The summed E-state index contributed by atoms with van der Waals surface area (Å²) in [7, 11) is 0. The van der Waals surface area contributed by atoms with E-state index in [2.05, 4.69) is 40.3 Å². The Balaban J connectivity index is 1.29. The van der Waals surface area contributed by atoms with E-state index < -0.39 is 0 Å². The number of hydrogen-bond donors (Lipinski definition) is 1. The molecule has 2 aromatic carbocycles. The summed E-state index contributed by atoms with van der Waals surface area (Å²) in [5.74, 6) is 1.65. The van der Waals surface area contributed by atoms with Crippen molar-refractivity contribution >= 4 is 11.9 Å². The maximum Gasteiger partial charge on any atom is 0.302 e. The van der Waals surface area contributed by atoms with Gasteiger partial charge < -0.3 is 9.15 Å². The number of rotatable bonds is 4. The quantitative estimate of drug-likeness (QED) is 0.731. The minimum absolute atomic E-state index is 0.215. The van der Waals surface area contributed by atoms with E-state index in [-0.39, 0.29) is 18.0 Å². The molecule has 6 heteroatoms. The lowest BCUT2D eigenvalue weighted by Gasteiger charge is -2.31. The summed E-state index contributed by atoms with van der Waals surface area (Å²) in [5.41, 5.74) is 4.01. The number of carbonyl (C=O) groups excluding carboxylic acids is 1. The van der Waals surface area contributed by atoms with E-state index in [9.17, 15) is 4.79 Å². The minimum atomic E-state index is -0.215. The molecule has 29 heavy (non-hydrogen) atoms. The second kappa shape index (κ2) is 7.37. The number of nitrogens with one attached hydrogen (secondary N) is 1. The molecule has 0 radical (unpaired) electrons. The van der Waals surface area contributed by atoms with Gasteiger partial charge in [0.05, 0.1) is 12.3 Å². The van der Waals surface area contributed by atoms with Crippen LogP contribution in [0, 0.1) is 0 Å². The second-order valence-corrected chi connectivity index (χ2v) is 7.57. The smallest absolute Gasteiger partial charge is 0.302 e. The molecule has 6 nitrogen and oxygen atoms in total. The van der Waals surface area contributed by atoms with Gasteiger partial charge in [-0.2, -0.15) is 4.98 Å². The lowest BCUT2D eigenvalue weighted by Crippen LogP contribution is -2.32. The fourth-order valence-electron chi connectivity index (χ4n) is 4.02. The molecule has 1 atom stereocenters. The van der Waals surface area contributed by atoms with Crippen molar-refractivity contribution in [3.63, 3.8) is 0 Å². The SMILES string of the molecule is CC(c1ccc2c(c1)OCC2)N1CCc2oc(NC(=O)c3ccccc3)nc2C1. The summed E-state index contributed by atoms with van der Waals surface area (Å²) >= 11 is 0. The Labute approximate surface area is 169 Å². The van der Waals surface area contributed by atoms with Crippen molar-refractivity contribution in [2.45, 2.75) is 32.4 Å². The van der Waals surface area contributed by atoms with Gasteiger partial charge in [-0.1, -0.05) is 30.3 Å². The summed E-state index contributed by atoms with van der Waals surface area (Å²) in [4.78, 5) is 19.3. The molecule has 1 amide bonds. The average Bonchev–Trinajstić information content (AvgIpc) is 3.38. The highest BCUT2D eigenvalue weighted by molar-refractivity contribution is 6.03. The number of aromatic nitrogens is 1. The molecule has 0 bridgehead atoms. The van der Waals surface area contributed by atoms with Gasteiger partial charge in [-0.3, -0.25) is 15.0 Å². The zero-order valence-corrected chi connectivity index (χ0v) is 16.4. The van der Waals surface area contributed by atoms with Crippen LogP contribution in [0.2, 0.25) is 0 Å². The first kappa shape index (κ1) is 17.9. The van der Waals surface area contributed by atoms with Crippen LogP contribution in [0.25, 0.3) is 0 Å². The average molecular weight is 389 g/mol. The van der Waals surface area contributed by atoms with Crippen LogP contribution < -0.4 is 10.1 Å². The molecule has 1 aromatic heterocycles. The van der Waals surface area contributed by atoms with Crippen molar-refractivity contribution in [1.82, 2.24) is 9.88 Å². The van der Waals surface area contributed by atoms with Crippen LogP contribution in [-0.2, 0) is 19.4 Å². The maximum absolute atomic E-state index is 12.3. The number of hydrogen-bond acceptors (Lipinski definition) is 5. The number of carbonyl (C=O) groups is 1. The predicted octanol–water partition coefficient (Wildman–Crippen LogP) is 3.98. The van der Waals surface area contributed by atoms with E-state index in [1.807, 2.05) is 18.2 Å². The largest absolute Gasteiger partial charge is 0.493 e. The van der Waals surface area contributed by atoms with Crippen molar-refractivity contribution < 1.29 is 13.9 Å². The van der Waals surface area contributed by atoms with Gasteiger partial charge >= 0.3 is 6.01 Å². The van der Waals surface area contributed by atoms with E-state index >= 15 is 0 Å². The molecule has 5 rings (SSSR count). The number of benzene rings is 2. The van der Waals surface area contributed by atoms with Crippen LogP contribution in [-0.4, -0.2) is 28.9 Å². The van der Waals surface area contributed by atoms with E-state index in [1.165, 1.54) is 11.1 Å². The molecule has 2 aliphatic rings. The van der Waals surface area contributed by atoms with Gasteiger partial charge in [0.15, 0.2) is 0 Å². The van der Waals surface area contributed by atoms with Crippen LogP contribution in [0.1, 0.15) is 45.9 Å². The number of oxazole rings is 1. The Morgan fingerprint density at radius 2 is 2.03 bits per heavy atom. The van der Waals surface area contributed by atoms with Crippen molar-refractivity contribution in [3.05, 3.63) is 76.7 Å². The summed E-state index contributed by atoms with van der Waals surface area (Å²) in [6.45, 7) is 4.56. The maximum atomic E-state index is 12.3. The molecule has 0 aliphatic carbocycles. The number of fused-ring (bicyclic) bond motifs is 2. The number of ether oxygens (including phenoxy) is 1. The Hall–Kier alpha value is -3.12. The van der Waals surface area contributed by atoms with Gasteiger partial charge in [-0.25, -0.2) is 0 Å². The highest BCUT2D eigenvalue weighted by atomic mass is 16.5. The Morgan fingerprint density at radius 1 is 1.17 bits per heavy atom. The highest BCUT2D eigenvalue weighted by Gasteiger charge is 2.27. The van der Waals surface area contributed by atoms with E-state index in [0.717, 1.165) is 43.2 Å². The monoisotopic (exact) mass is 389 g/mol. The van der Waals surface area contributed by atoms with Crippen LogP contribution >= 0.6 is 0 Å². The predicted molar refractivity (Wildman–Crippen MR) is 109 cm³/mol. The fourth-order valence-corrected chi connectivity index (χ4v) is 4.02. The van der Waals surface area contributed by atoms with E-state index in [0.29, 0.717) is 12.1 Å². The van der Waals surface area contributed by atoms with Crippen LogP contribution in [0.5, 0.6) is 5.75 Å². The number of anilines is 1. The third-order valence-corrected chi connectivity index (χ3v) is 5.76. The molecule has 3 heterocycles. The second-order valence-electron chi connectivity index (χ2n) is 7.57. The van der Waals surface area contributed by atoms with Gasteiger partial charge in [-0.15, -0.1) is 0 Å². The molecule has 0 saturated heterocycles. The first-order valence-electron chi connectivity index (χ1n) is 10.0. The molecule has 3 aromatic rings. The van der Waals surface area contributed by atoms with Crippen LogP contribution in [0.3, 0.4) is 0 Å². The molecule has 2 aliphatic heterocycles.